The quantitative estimate of drug-likeness (QED) is 0.177. The maximum Gasteiger partial charge on any atom is 0.164 e. The van der Waals surface area contributed by atoms with E-state index in [0.717, 1.165) is 71.5 Å². The maximum absolute atomic E-state index is 6.93. The number of hydrogen-bond donors (Lipinski definition) is 0. The molecule has 6 heteroatoms. The van der Waals surface area contributed by atoms with E-state index in [1.807, 2.05) is 6.07 Å². The van der Waals surface area contributed by atoms with Crippen LogP contribution in [-0.4, -0.2) is 19.5 Å². The fourth-order valence-corrected chi connectivity index (χ4v) is 11.0. The predicted octanol–water partition coefficient (Wildman–Crippen LogP) is 15.7. The highest BCUT2D eigenvalue weighted by Gasteiger charge is 2.23. The van der Waals surface area contributed by atoms with Crippen molar-refractivity contribution in [2.24, 2.45) is 0 Å². The van der Waals surface area contributed by atoms with Crippen molar-refractivity contribution in [3.05, 3.63) is 194 Å². The first-order valence-electron chi connectivity index (χ1n) is 21.2. The fourth-order valence-electron chi connectivity index (χ4n) is 9.90. The molecule has 0 fully saturated rings. The van der Waals surface area contributed by atoms with Gasteiger partial charge in [-0.05, 0) is 69.4 Å². The average Bonchev–Trinajstić information content (AvgIpc) is 4.02. The molecular weight excluding hydrogens is 789 g/mol. The van der Waals surface area contributed by atoms with Gasteiger partial charge in [0.1, 0.15) is 11.2 Å². The molecule has 0 amide bonds. The SMILES string of the molecule is c1ccc2cc(-c3nc(-c4ccc5c(c4)sc4ccccc45)nc(-c4cccc5oc6cc(-n7c8ccccc8c8cc9ccccc9cc87)c7ccccc7c6c45)n3)ccc2c1. The lowest BCUT2D eigenvalue weighted by molar-refractivity contribution is 0.669. The molecule has 0 saturated carbocycles. The van der Waals surface area contributed by atoms with E-state index >= 15 is 0 Å². The number of aromatic nitrogens is 4. The van der Waals surface area contributed by atoms with Crippen molar-refractivity contribution < 1.29 is 4.42 Å². The molecule has 292 valence electrons. The number of thiophene rings is 1. The molecule has 0 N–H and O–H groups in total. The van der Waals surface area contributed by atoms with E-state index < -0.39 is 0 Å². The number of fused-ring (bicyclic) bond motifs is 13. The minimum atomic E-state index is 0.593. The summed E-state index contributed by atoms with van der Waals surface area (Å²) in [5.74, 6) is 1.83. The average molecular weight is 821 g/mol. The molecule has 14 rings (SSSR count). The van der Waals surface area contributed by atoms with E-state index in [1.54, 1.807) is 11.3 Å². The Morgan fingerprint density at radius 3 is 1.84 bits per heavy atom. The molecule has 63 heavy (non-hydrogen) atoms. The molecule has 10 aromatic carbocycles. The third-order valence-corrected chi connectivity index (χ3v) is 13.9. The van der Waals surface area contributed by atoms with Crippen LogP contribution in [-0.2, 0) is 0 Å². The Bertz CT molecular complexity index is 4230. The number of hydrogen-bond acceptors (Lipinski definition) is 5. The molecule has 5 nitrogen and oxygen atoms in total. The Kier molecular flexibility index (Phi) is 7.21. The van der Waals surface area contributed by atoms with Gasteiger partial charge in [0, 0.05) is 69.9 Å². The van der Waals surface area contributed by atoms with E-state index in [-0.39, 0.29) is 0 Å². The minimum absolute atomic E-state index is 0.593. The van der Waals surface area contributed by atoms with Gasteiger partial charge in [-0.25, -0.2) is 15.0 Å². The second-order valence-corrected chi connectivity index (χ2v) is 17.4. The Hall–Kier alpha value is -8.19. The van der Waals surface area contributed by atoms with Gasteiger partial charge in [-0.3, -0.25) is 0 Å². The Morgan fingerprint density at radius 1 is 0.365 bits per heavy atom. The third-order valence-electron chi connectivity index (χ3n) is 12.8. The van der Waals surface area contributed by atoms with Crippen molar-refractivity contribution in [3.8, 4) is 39.9 Å². The summed E-state index contributed by atoms with van der Waals surface area (Å²) in [6.07, 6.45) is 0. The van der Waals surface area contributed by atoms with Crippen molar-refractivity contribution >= 4 is 108 Å². The molecule has 0 unspecified atom stereocenters. The van der Waals surface area contributed by atoms with Crippen LogP contribution in [0.5, 0.6) is 0 Å². The second-order valence-electron chi connectivity index (χ2n) is 16.3. The van der Waals surface area contributed by atoms with Crippen molar-refractivity contribution in [2.45, 2.75) is 0 Å². The minimum Gasteiger partial charge on any atom is -0.456 e. The molecule has 0 saturated heterocycles. The molecular formula is C57H32N4OS. The summed E-state index contributed by atoms with van der Waals surface area (Å²) in [5.41, 5.74) is 7.72. The van der Waals surface area contributed by atoms with Gasteiger partial charge in [0.15, 0.2) is 17.5 Å². The van der Waals surface area contributed by atoms with Crippen LogP contribution < -0.4 is 0 Å². The summed E-state index contributed by atoms with van der Waals surface area (Å²) in [4.78, 5) is 15.8. The van der Waals surface area contributed by atoms with Gasteiger partial charge in [-0.2, -0.15) is 0 Å². The van der Waals surface area contributed by atoms with Gasteiger partial charge in [0.05, 0.1) is 16.7 Å². The van der Waals surface area contributed by atoms with Crippen LogP contribution >= 0.6 is 11.3 Å². The van der Waals surface area contributed by atoms with Gasteiger partial charge in [0.25, 0.3) is 0 Å². The van der Waals surface area contributed by atoms with Crippen molar-refractivity contribution in [1.29, 1.82) is 0 Å². The molecule has 0 aliphatic carbocycles. The standard InChI is InChI=1S/C57H32N4OS/c1-2-13-34-28-37(25-24-33(34)12-1)55-58-56(38-26-27-42-41-18-8-10-23-51(41)63-52(42)31-38)60-57(59-55)44-20-11-22-49-54(44)53-43-19-6-5-16-39(43)48(32-50(53)62-49)61-46-21-9-7-17-40(46)45-29-35-14-3-4-15-36(35)30-47(45)61/h1-32H. The molecule has 14 aromatic rings. The van der Waals surface area contributed by atoms with Crippen LogP contribution in [0.4, 0.5) is 0 Å². The zero-order valence-electron chi connectivity index (χ0n) is 33.6. The van der Waals surface area contributed by atoms with Gasteiger partial charge < -0.3 is 8.98 Å². The van der Waals surface area contributed by atoms with Crippen LogP contribution in [0.15, 0.2) is 199 Å². The number of furan rings is 1. The molecule has 0 aliphatic heterocycles. The molecule has 0 atom stereocenters. The highest BCUT2D eigenvalue weighted by molar-refractivity contribution is 7.25. The van der Waals surface area contributed by atoms with Crippen molar-refractivity contribution in [2.75, 3.05) is 0 Å². The summed E-state index contributed by atoms with van der Waals surface area (Å²) in [6.45, 7) is 0. The van der Waals surface area contributed by atoms with Crippen LogP contribution in [0.3, 0.4) is 0 Å². The Balaban J connectivity index is 1.03. The van der Waals surface area contributed by atoms with Gasteiger partial charge in [0.2, 0.25) is 0 Å². The summed E-state index contributed by atoms with van der Waals surface area (Å²) < 4.78 is 11.8. The number of para-hydroxylation sites is 1. The molecule has 0 spiro atoms. The smallest absolute Gasteiger partial charge is 0.164 e. The lowest BCUT2D eigenvalue weighted by atomic mass is 9.99. The van der Waals surface area contributed by atoms with Crippen LogP contribution in [0.25, 0.3) is 136 Å². The van der Waals surface area contributed by atoms with Crippen LogP contribution in [0.2, 0.25) is 0 Å². The summed E-state index contributed by atoms with van der Waals surface area (Å²) in [6, 6.07) is 69.1. The normalized spacial score (nSPS) is 12.1. The van der Waals surface area contributed by atoms with E-state index in [0.29, 0.717) is 17.5 Å². The van der Waals surface area contributed by atoms with Crippen molar-refractivity contribution in [3.63, 3.8) is 0 Å². The number of nitrogens with zero attached hydrogens (tertiary/aromatic N) is 4. The van der Waals surface area contributed by atoms with E-state index in [4.69, 9.17) is 19.4 Å². The Morgan fingerprint density at radius 2 is 1.00 bits per heavy atom. The zero-order chi connectivity index (χ0) is 41.2. The lowest BCUT2D eigenvalue weighted by Gasteiger charge is -2.13. The fraction of sp³-hybridized carbons (Fsp3) is 0. The molecule has 4 heterocycles. The molecule has 0 aliphatic rings. The summed E-state index contributed by atoms with van der Waals surface area (Å²) in [5, 5.41) is 13.9. The van der Waals surface area contributed by atoms with Crippen LogP contribution in [0.1, 0.15) is 0 Å². The number of benzene rings is 10. The zero-order valence-corrected chi connectivity index (χ0v) is 34.4. The second kappa shape index (κ2) is 13.2. The molecule has 0 radical (unpaired) electrons. The van der Waals surface area contributed by atoms with Gasteiger partial charge in [-0.1, -0.05) is 146 Å². The number of rotatable bonds is 4. The Labute approximate surface area is 363 Å². The third kappa shape index (κ3) is 5.19. The monoisotopic (exact) mass is 820 g/mol. The topological polar surface area (TPSA) is 56.7 Å². The predicted molar refractivity (Wildman–Crippen MR) is 263 cm³/mol. The highest BCUT2D eigenvalue weighted by Crippen LogP contribution is 2.45. The summed E-state index contributed by atoms with van der Waals surface area (Å²) >= 11 is 1.79. The first-order valence-corrected chi connectivity index (χ1v) is 22.0. The van der Waals surface area contributed by atoms with Gasteiger partial charge >= 0.3 is 0 Å². The first-order chi connectivity index (χ1) is 31.2. The van der Waals surface area contributed by atoms with E-state index in [2.05, 4.69) is 193 Å². The van der Waals surface area contributed by atoms with E-state index in [9.17, 15) is 0 Å². The van der Waals surface area contributed by atoms with Crippen LogP contribution in [0, 0.1) is 0 Å². The maximum atomic E-state index is 6.93. The lowest BCUT2D eigenvalue weighted by Crippen LogP contribution is -2.00. The molecule has 4 aromatic heterocycles. The first kappa shape index (κ1) is 34.5. The highest BCUT2D eigenvalue weighted by atomic mass is 32.1. The van der Waals surface area contributed by atoms with Gasteiger partial charge in [-0.15, -0.1) is 11.3 Å². The van der Waals surface area contributed by atoms with Crippen molar-refractivity contribution in [1.82, 2.24) is 19.5 Å². The van der Waals surface area contributed by atoms with E-state index in [1.165, 1.54) is 47.1 Å². The largest absolute Gasteiger partial charge is 0.456 e. The summed E-state index contributed by atoms with van der Waals surface area (Å²) in [7, 11) is 0. The molecule has 0 bridgehead atoms.